The van der Waals surface area contributed by atoms with Crippen LogP contribution in [0.25, 0.3) is 0 Å². The number of benzene rings is 1. The lowest BCUT2D eigenvalue weighted by Crippen LogP contribution is -2.20. The van der Waals surface area contributed by atoms with Gasteiger partial charge in [0.1, 0.15) is 5.75 Å². The minimum absolute atomic E-state index is 0.0559. The summed E-state index contributed by atoms with van der Waals surface area (Å²) in [4.78, 5) is 0. The molecular weight excluding hydrogens is 285 g/mol. The largest absolute Gasteiger partial charge is 0.494 e. The number of amidine groups is 1. The second kappa shape index (κ2) is 6.24. The lowest BCUT2D eigenvalue weighted by molar-refractivity contribution is -0.137. The van der Waals surface area contributed by atoms with Gasteiger partial charge < -0.3 is 15.7 Å². The normalized spacial score (nSPS) is 13.3. The van der Waals surface area contributed by atoms with Crippen molar-refractivity contribution in [3.05, 3.63) is 29.3 Å². The summed E-state index contributed by atoms with van der Waals surface area (Å²) in [6, 6.07) is 3.21. The predicted molar refractivity (Wildman–Crippen MR) is 73.5 cm³/mol. The summed E-state index contributed by atoms with van der Waals surface area (Å²) in [7, 11) is 0. The Bertz CT molecular complexity index is 520. The van der Waals surface area contributed by atoms with E-state index in [-0.39, 0.29) is 11.2 Å². The smallest absolute Gasteiger partial charge is 0.417 e. The van der Waals surface area contributed by atoms with E-state index in [4.69, 9.17) is 15.7 Å². The molecule has 1 aromatic rings. The standard InChI is InChI=1S/C14H19F3N2O2/c1-13(2,3)6-7-21-9-4-5-11(14(15,16)17)10(8-9)12(18)19-20/h4-5,8,20H,6-7H2,1-3H3,(H2,18,19). The molecule has 0 bridgehead atoms. The Morgan fingerprint density at radius 1 is 1.29 bits per heavy atom. The molecule has 3 N–H and O–H groups in total. The molecule has 0 saturated heterocycles. The van der Waals surface area contributed by atoms with Crippen molar-refractivity contribution in [2.75, 3.05) is 6.61 Å². The molecule has 1 aromatic carbocycles. The number of halogens is 3. The van der Waals surface area contributed by atoms with E-state index in [0.717, 1.165) is 18.6 Å². The Morgan fingerprint density at radius 2 is 1.90 bits per heavy atom. The third kappa shape index (κ3) is 5.17. The Balaban J connectivity index is 3.00. The van der Waals surface area contributed by atoms with Gasteiger partial charge in [-0.05, 0) is 30.0 Å². The fraction of sp³-hybridized carbons (Fsp3) is 0.500. The number of oxime groups is 1. The lowest BCUT2D eigenvalue weighted by atomic mass is 9.93. The van der Waals surface area contributed by atoms with Crippen molar-refractivity contribution in [3.8, 4) is 5.75 Å². The first kappa shape index (κ1) is 17.1. The lowest BCUT2D eigenvalue weighted by Gasteiger charge is -2.19. The quantitative estimate of drug-likeness (QED) is 0.386. The van der Waals surface area contributed by atoms with E-state index in [1.165, 1.54) is 6.07 Å². The molecule has 0 aromatic heterocycles. The molecule has 1 rings (SSSR count). The minimum Gasteiger partial charge on any atom is -0.494 e. The van der Waals surface area contributed by atoms with Crippen LogP contribution in [-0.4, -0.2) is 17.6 Å². The number of rotatable bonds is 4. The third-order valence-corrected chi connectivity index (χ3v) is 2.80. The molecule has 21 heavy (non-hydrogen) atoms. The summed E-state index contributed by atoms with van der Waals surface area (Å²) in [6.07, 6.45) is -3.85. The number of hydrogen-bond donors (Lipinski definition) is 2. The number of hydrogen-bond acceptors (Lipinski definition) is 3. The predicted octanol–water partition coefficient (Wildman–Crippen LogP) is 3.61. The maximum Gasteiger partial charge on any atom is 0.417 e. The monoisotopic (exact) mass is 304 g/mol. The van der Waals surface area contributed by atoms with Crippen LogP contribution in [0.2, 0.25) is 0 Å². The maximum atomic E-state index is 12.9. The molecule has 0 heterocycles. The van der Waals surface area contributed by atoms with Crippen LogP contribution in [0.1, 0.15) is 38.3 Å². The number of nitrogens with zero attached hydrogens (tertiary/aromatic N) is 1. The third-order valence-electron chi connectivity index (χ3n) is 2.80. The Kier molecular flexibility index (Phi) is 5.09. The molecule has 0 amide bonds. The second-order valence-electron chi connectivity index (χ2n) is 5.85. The molecule has 0 aliphatic carbocycles. The molecule has 0 fully saturated rings. The van der Waals surface area contributed by atoms with Crippen LogP contribution >= 0.6 is 0 Å². The zero-order valence-electron chi connectivity index (χ0n) is 12.2. The van der Waals surface area contributed by atoms with Crippen LogP contribution in [0.15, 0.2) is 23.4 Å². The summed E-state index contributed by atoms with van der Waals surface area (Å²) in [5, 5.41) is 11.2. The van der Waals surface area contributed by atoms with Crippen molar-refractivity contribution in [1.29, 1.82) is 0 Å². The average Bonchev–Trinajstić information content (AvgIpc) is 2.35. The van der Waals surface area contributed by atoms with Crippen LogP contribution in [-0.2, 0) is 6.18 Å². The van der Waals surface area contributed by atoms with E-state index >= 15 is 0 Å². The molecule has 0 saturated carbocycles. The summed E-state index contributed by atoms with van der Waals surface area (Å²) in [6.45, 7) is 6.46. The van der Waals surface area contributed by atoms with Crippen molar-refractivity contribution in [2.24, 2.45) is 16.3 Å². The van der Waals surface area contributed by atoms with E-state index in [1.54, 1.807) is 0 Å². The van der Waals surface area contributed by atoms with E-state index < -0.39 is 23.1 Å². The van der Waals surface area contributed by atoms with Gasteiger partial charge in [-0.1, -0.05) is 25.9 Å². The van der Waals surface area contributed by atoms with Gasteiger partial charge in [0.15, 0.2) is 5.84 Å². The Hall–Kier alpha value is -1.92. The van der Waals surface area contributed by atoms with Gasteiger partial charge in [-0.3, -0.25) is 0 Å². The van der Waals surface area contributed by atoms with Crippen molar-refractivity contribution < 1.29 is 23.1 Å². The van der Waals surface area contributed by atoms with Gasteiger partial charge in [0, 0.05) is 5.56 Å². The molecule has 7 heteroatoms. The zero-order chi connectivity index (χ0) is 16.3. The fourth-order valence-corrected chi connectivity index (χ4v) is 1.60. The number of nitrogens with two attached hydrogens (primary N) is 1. The summed E-state index contributed by atoms with van der Waals surface area (Å²) in [5.41, 5.74) is 3.98. The molecule has 0 atom stereocenters. The van der Waals surface area contributed by atoms with Crippen LogP contribution in [0, 0.1) is 5.41 Å². The molecule has 0 aliphatic rings. The molecule has 0 aliphatic heterocycles. The van der Waals surface area contributed by atoms with Gasteiger partial charge in [0.25, 0.3) is 0 Å². The second-order valence-corrected chi connectivity index (χ2v) is 5.85. The Morgan fingerprint density at radius 3 is 2.38 bits per heavy atom. The van der Waals surface area contributed by atoms with Gasteiger partial charge in [-0.25, -0.2) is 0 Å². The molecule has 0 unspecified atom stereocenters. The van der Waals surface area contributed by atoms with E-state index in [2.05, 4.69) is 5.16 Å². The number of alkyl halides is 3. The average molecular weight is 304 g/mol. The van der Waals surface area contributed by atoms with E-state index in [1.807, 2.05) is 20.8 Å². The molecule has 0 spiro atoms. The zero-order valence-corrected chi connectivity index (χ0v) is 12.2. The highest BCUT2D eigenvalue weighted by atomic mass is 19.4. The van der Waals surface area contributed by atoms with Gasteiger partial charge in [-0.15, -0.1) is 0 Å². The molecule has 4 nitrogen and oxygen atoms in total. The fourth-order valence-electron chi connectivity index (χ4n) is 1.60. The first-order chi connectivity index (χ1) is 9.54. The topological polar surface area (TPSA) is 67.8 Å². The van der Waals surface area contributed by atoms with Gasteiger partial charge in [0.05, 0.1) is 12.2 Å². The minimum atomic E-state index is -4.59. The molecular formula is C14H19F3N2O2. The van der Waals surface area contributed by atoms with Crippen LogP contribution in [0.4, 0.5) is 13.2 Å². The highest BCUT2D eigenvalue weighted by Gasteiger charge is 2.34. The Labute approximate surface area is 121 Å². The highest BCUT2D eigenvalue weighted by molar-refractivity contribution is 5.99. The molecule has 118 valence electrons. The molecule has 0 radical (unpaired) electrons. The van der Waals surface area contributed by atoms with Crippen molar-refractivity contribution >= 4 is 5.84 Å². The first-order valence-corrected chi connectivity index (χ1v) is 6.36. The van der Waals surface area contributed by atoms with Crippen molar-refractivity contribution in [1.82, 2.24) is 0 Å². The highest BCUT2D eigenvalue weighted by Crippen LogP contribution is 2.34. The summed E-state index contributed by atoms with van der Waals surface area (Å²) < 4.78 is 44.0. The van der Waals surface area contributed by atoms with Gasteiger partial charge >= 0.3 is 6.18 Å². The van der Waals surface area contributed by atoms with Crippen LogP contribution < -0.4 is 10.5 Å². The van der Waals surface area contributed by atoms with Crippen LogP contribution in [0.5, 0.6) is 5.75 Å². The van der Waals surface area contributed by atoms with Crippen molar-refractivity contribution in [3.63, 3.8) is 0 Å². The van der Waals surface area contributed by atoms with Crippen molar-refractivity contribution in [2.45, 2.75) is 33.4 Å². The maximum absolute atomic E-state index is 12.9. The number of ether oxygens (including phenoxy) is 1. The summed E-state index contributed by atoms with van der Waals surface area (Å²) >= 11 is 0. The van der Waals surface area contributed by atoms with E-state index in [9.17, 15) is 13.2 Å². The van der Waals surface area contributed by atoms with Gasteiger partial charge in [-0.2, -0.15) is 13.2 Å². The summed E-state index contributed by atoms with van der Waals surface area (Å²) in [5.74, 6) is -0.363. The van der Waals surface area contributed by atoms with Gasteiger partial charge in [0.2, 0.25) is 0 Å². The SMILES string of the molecule is CC(C)(C)CCOc1ccc(C(F)(F)F)c(/C(N)=N/O)c1. The first-order valence-electron chi connectivity index (χ1n) is 6.36. The van der Waals surface area contributed by atoms with Crippen LogP contribution in [0.3, 0.4) is 0 Å². The van der Waals surface area contributed by atoms with E-state index in [0.29, 0.717) is 6.61 Å².